The number of rotatable bonds is 4. The number of aliphatic hydroxyl groups is 1. The van der Waals surface area contributed by atoms with E-state index >= 15 is 0 Å². The number of benzene rings is 1. The van der Waals surface area contributed by atoms with Gasteiger partial charge in [0.15, 0.2) is 0 Å². The maximum atomic E-state index is 13.1. The monoisotopic (exact) mass is 239 g/mol. The van der Waals surface area contributed by atoms with E-state index in [1.54, 1.807) is 6.07 Å². The van der Waals surface area contributed by atoms with Gasteiger partial charge in [0.05, 0.1) is 0 Å². The van der Waals surface area contributed by atoms with Crippen molar-refractivity contribution in [3.63, 3.8) is 0 Å². The van der Waals surface area contributed by atoms with Crippen molar-refractivity contribution in [3.8, 4) is 0 Å². The van der Waals surface area contributed by atoms with Crippen molar-refractivity contribution in [2.75, 3.05) is 6.54 Å². The Hall–Kier alpha value is -1.42. The van der Waals surface area contributed by atoms with Crippen molar-refractivity contribution < 1.29 is 14.3 Å². The molecule has 1 atom stereocenters. The SMILES string of the molecule is CC(O)C(=O)NCC(C)(C)c1cccc(F)c1. The maximum absolute atomic E-state index is 13.1. The summed E-state index contributed by atoms with van der Waals surface area (Å²) in [6, 6.07) is 6.29. The number of nitrogens with one attached hydrogen (secondary N) is 1. The predicted octanol–water partition coefficient (Wildman–Crippen LogP) is 1.60. The summed E-state index contributed by atoms with van der Waals surface area (Å²) in [5.74, 6) is -0.716. The van der Waals surface area contributed by atoms with Gasteiger partial charge in [-0.2, -0.15) is 0 Å². The van der Waals surface area contributed by atoms with Crippen LogP contribution < -0.4 is 5.32 Å². The van der Waals surface area contributed by atoms with Gasteiger partial charge in [-0.15, -0.1) is 0 Å². The van der Waals surface area contributed by atoms with Crippen LogP contribution in [0.25, 0.3) is 0 Å². The molecule has 0 aromatic heterocycles. The van der Waals surface area contributed by atoms with E-state index in [0.717, 1.165) is 5.56 Å². The Morgan fingerprint density at radius 3 is 2.71 bits per heavy atom. The third-order valence-electron chi connectivity index (χ3n) is 2.69. The van der Waals surface area contributed by atoms with E-state index in [9.17, 15) is 9.18 Å². The number of hydrogen-bond donors (Lipinski definition) is 2. The predicted molar refractivity (Wildman–Crippen MR) is 64.1 cm³/mol. The quantitative estimate of drug-likeness (QED) is 0.838. The molecule has 17 heavy (non-hydrogen) atoms. The smallest absolute Gasteiger partial charge is 0.248 e. The molecule has 94 valence electrons. The van der Waals surface area contributed by atoms with Gasteiger partial charge in [0.2, 0.25) is 5.91 Å². The number of carbonyl (C=O) groups excluding carboxylic acids is 1. The van der Waals surface area contributed by atoms with Crippen LogP contribution in [0.15, 0.2) is 24.3 Å². The summed E-state index contributed by atoms with van der Waals surface area (Å²) in [5, 5.41) is 11.7. The van der Waals surface area contributed by atoms with E-state index in [4.69, 9.17) is 5.11 Å². The Morgan fingerprint density at radius 2 is 2.18 bits per heavy atom. The molecule has 0 heterocycles. The van der Waals surface area contributed by atoms with Crippen LogP contribution in [0.2, 0.25) is 0 Å². The van der Waals surface area contributed by atoms with E-state index in [2.05, 4.69) is 5.32 Å². The minimum absolute atomic E-state index is 0.294. The fraction of sp³-hybridized carbons (Fsp3) is 0.462. The molecule has 4 heteroatoms. The van der Waals surface area contributed by atoms with Crippen LogP contribution >= 0.6 is 0 Å². The van der Waals surface area contributed by atoms with Crippen molar-refractivity contribution in [2.45, 2.75) is 32.3 Å². The van der Waals surface area contributed by atoms with E-state index in [-0.39, 0.29) is 11.2 Å². The highest BCUT2D eigenvalue weighted by molar-refractivity contribution is 5.80. The molecule has 3 nitrogen and oxygen atoms in total. The van der Waals surface area contributed by atoms with Crippen molar-refractivity contribution in [3.05, 3.63) is 35.6 Å². The largest absolute Gasteiger partial charge is 0.384 e. The van der Waals surface area contributed by atoms with Crippen LogP contribution in [-0.2, 0) is 10.2 Å². The zero-order valence-electron chi connectivity index (χ0n) is 10.3. The molecule has 1 aromatic carbocycles. The van der Waals surface area contributed by atoms with Gasteiger partial charge < -0.3 is 10.4 Å². The van der Waals surface area contributed by atoms with E-state index < -0.39 is 12.0 Å². The molecule has 0 aliphatic rings. The molecule has 1 unspecified atom stereocenters. The topological polar surface area (TPSA) is 49.3 Å². The summed E-state index contributed by atoms with van der Waals surface area (Å²) in [7, 11) is 0. The zero-order chi connectivity index (χ0) is 13.1. The first-order chi connectivity index (χ1) is 7.83. The standard InChI is InChI=1S/C13H18FNO2/c1-9(16)12(17)15-8-13(2,3)10-5-4-6-11(14)7-10/h4-7,9,16H,8H2,1-3H3,(H,15,17). The lowest BCUT2D eigenvalue weighted by molar-refractivity contribution is -0.128. The van der Waals surface area contributed by atoms with Crippen molar-refractivity contribution in [1.82, 2.24) is 5.32 Å². The highest BCUT2D eigenvalue weighted by Gasteiger charge is 2.22. The summed E-state index contributed by atoms with van der Waals surface area (Å²) >= 11 is 0. The number of halogens is 1. The van der Waals surface area contributed by atoms with Gasteiger partial charge in [0.1, 0.15) is 11.9 Å². The molecule has 0 aliphatic carbocycles. The highest BCUT2D eigenvalue weighted by atomic mass is 19.1. The second-order valence-corrected chi connectivity index (χ2v) is 4.79. The molecule has 2 N–H and O–H groups in total. The number of carbonyl (C=O) groups is 1. The van der Waals surface area contributed by atoms with Gasteiger partial charge in [0.25, 0.3) is 0 Å². The minimum Gasteiger partial charge on any atom is -0.384 e. The normalized spacial score (nSPS) is 13.2. The first-order valence-electron chi connectivity index (χ1n) is 5.55. The Labute approximate surface area is 101 Å². The van der Waals surface area contributed by atoms with Gasteiger partial charge in [-0.05, 0) is 24.6 Å². The van der Waals surface area contributed by atoms with Crippen molar-refractivity contribution in [1.29, 1.82) is 0 Å². The van der Waals surface area contributed by atoms with E-state index in [0.29, 0.717) is 6.54 Å². The van der Waals surface area contributed by atoms with Crippen molar-refractivity contribution >= 4 is 5.91 Å². The van der Waals surface area contributed by atoms with Crippen LogP contribution in [-0.4, -0.2) is 23.7 Å². The molecule has 1 rings (SSSR count). The fourth-order valence-electron chi connectivity index (χ4n) is 1.47. The van der Waals surface area contributed by atoms with E-state index in [1.165, 1.54) is 19.1 Å². The summed E-state index contributed by atoms with van der Waals surface area (Å²) in [6.45, 7) is 5.57. The van der Waals surface area contributed by atoms with Gasteiger partial charge in [-0.25, -0.2) is 4.39 Å². The van der Waals surface area contributed by atoms with Gasteiger partial charge in [-0.3, -0.25) is 4.79 Å². The van der Waals surface area contributed by atoms with Crippen LogP contribution in [0.3, 0.4) is 0 Å². The Balaban J connectivity index is 2.72. The lowest BCUT2D eigenvalue weighted by Crippen LogP contribution is -2.40. The number of hydrogen-bond acceptors (Lipinski definition) is 2. The summed E-state index contributed by atoms with van der Waals surface area (Å²) in [4.78, 5) is 11.3. The van der Waals surface area contributed by atoms with Gasteiger partial charge in [0, 0.05) is 12.0 Å². The van der Waals surface area contributed by atoms with Gasteiger partial charge in [-0.1, -0.05) is 26.0 Å². The molecule has 0 bridgehead atoms. The average Bonchev–Trinajstić information content (AvgIpc) is 2.26. The summed E-state index contributed by atoms with van der Waals surface area (Å²) < 4.78 is 13.1. The second kappa shape index (κ2) is 5.27. The molecule has 0 saturated heterocycles. The molecular weight excluding hydrogens is 221 g/mol. The molecule has 0 spiro atoms. The Kier molecular flexibility index (Phi) is 4.23. The van der Waals surface area contributed by atoms with Crippen LogP contribution in [0.5, 0.6) is 0 Å². The van der Waals surface area contributed by atoms with E-state index in [1.807, 2.05) is 19.9 Å². The molecule has 0 aliphatic heterocycles. The lowest BCUT2D eigenvalue weighted by Gasteiger charge is -2.26. The third-order valence-corrected chi connectivity index (χ3v) is 2.69. The third kappa shape index (κ3) is 3.82. The fourth-order valence-corrected chi connectivity index (χ4v) is 1.47. The molecule has 0 fully saturated rings. The van der Waals surface area contributed by atoms with Crippen LogP contribution in [0, 0.1) is 5.82 Å². The van der Waals surface area contributed by atoms with Gasteiger partial charge >= 0.3 is 0 Å². The maximum Gasteiger partial charge on any atom is 0.248 e. The zero-order valence-corrected chi connectivity index (χ0v) is 10.3. The molecular formula is C13H18FNO2. The number of amides is 1. The van der Waals surface area contributed by atoms with Crippen molar-refractivity contribution in [2.24, 2.45) is 0 Å². The number of aliphatic hydroxyl groups excluding tert-OH is 1. The molecule has 0 radical (unpaired) electrons. The molecule has 1 amide bonds. The molecule has 0 saturated carbocycles. The van der Waals surface area contributed by atoms with Crippen LogP contribution in [0.4, 0.5) is 4.39 Å². The summed E-state index contributed by atoms with van der Waals surface area (Å²) in [5.41, 5.74) is 0.426. The summed E-state index contributed by atoms with van der Waals surface area (Å²) in [6.07, 6.45) is -1.03. The molecule has 1 aromatic rings. The minimum atomic E-state index is -1.03. The van der Waals surface area contributed by atoms with Crippen LogP contribution in [0.1, 0.15) is 26.3 Å². The average molecular weight is 239 g/mol. The second-order valence-electron chi connectivity index (χ2n) is 4.79. The highest BCUT2D eigenvalue weighted by Crippen LogP contribution is 2.22. The first kappa shape index (κ1) is 13.6. The Morgan fingerprint density at radius 1 is 1.53 bits per heavy atom. The first-order valence-corrected chi connectivity index (χ1v) is 5.55. The Bertz CT molecular complexity index is 402. The lowest BCUT2D eigenvalue weighted by atomic mass is 9.84.